The minimum absolute atomic E-state index is 0.0960. The third-order valence-electron chi connectivity index (χ3n) is 4.35. The first-order chi connectivity index (χ1) is 13.4. The van der Waals surface area contributed by atoms with Crippen molar-refractivity contribution in [2.75, 3.05) is 14.1 Å². The maximum absolute atomic E-state index is 12.6. The molecule has 1 atom stereocenters. The number of carbonyl (C=O) groups is 1. The van der Waals surface area contributed by atoms with Crippen LogP contribution in [0.25, 0.3) is 11.4 Å². The average Bonchev–Trinajstić information content (AvgIpc) is 2.68. The summed E-state index contributed by atoms with van der Waals surface area (Å²) < 4.78 is 0. The summed E-state index contributed by atoms with van der Waals surface area (Å²) in [6.45, 7) is 2.77. The fraction of sp³-hybridized carbons (Fsp3) is 0.227. The maximum atomic E-state index is 12.6. The van der Waals surface area contributed by atoms with Crippen LogP contribution in [-0.2, 0) is 6.54 Å². The number of hydrogen-bond donors (Lipinski definition) is 2. The Morgan fingerprint density at radius 2 is 1.79 bits per heavy atom. The molecule has 0 fully saturated rings. The zero-order valence-corrected chi connectivity index (χ0v) is 16.3. The van der Waals surface area contributed by atoms with Crippen molar-refractivity contribution in [2.24, 2.45) is 0 Å². The van der Waals surface area contributed by atoms with Crippen LogP contribution in [0.5, 0.6) is 0 Å². The van der Waals surface area contributed by atoms with E-state index in [9.17, 15) is 9.59 Å². The van der Waals surface area contributed by atoms with Gasteiger partial charge in [0.2, 0.25) is 0 Å². The van der Waals surface area contributed by atoms with E-state index in [1.165, 1.54) is 11.6 Å². The molecule has 1 heterocycles. The van der Waals surface area contributed by atoms with Crippen molar-refractivity contribution in [1.29, 1.82) is 0 Å². The lowest BCUT2D eigenvalue weighted by Crippen LogP contribution is -2.29. The fourth-order valence-corrected chi connectivity index (χ4v) is 2.94. The summed E-state index contributed by atoms with van der Waals surface area (Å²) in [6, 6.07) is 18.4. The van der Waals surface area contributed by atoms with Crippen LogP contribution in [0.2, 0.25) is 0 Å². The SMILES string of the molecule is CC(NC(=O)c1cc(=O)[nH]c(-c2ccccc2)n1)c1ccc(CN(C)C)cc1. The molecule has 1 amide bonds. The number of benzene rings is 2. The van der Waals surface area contributed by atoms with Crippen molar-refractivity contribution in [3.05, 3.63) is 87.8 Å². The summed E-state index contributed by atoms with van der Waals surface area (Å²) in [4.78, 5) is 33.7. The molecule has 1 aromatic heterocycles. The van der Waals surface area contributed by atoms with Crippen molar-refractivity contribution in [2.45, 2.75) is 19.5 Å². The van der Waals surface area contributed by atoms with E-state index in [4.69, 9.17) is 0 Å². The fourth-order valence-electron chi connectivity index (χ4n) is 2.94. The quantitative estimate of drug-likeness (QED) is 0.693. The molecule has 0 saturated heterocycles. The number of nitrogens with zero attached hydrogens (tertiary/aromatic N) is 2. The zero-order valence-electron chi connectivity index (χ0n) is 16.3. The predicted molar refractivity (Wildman–Crippen MR) is 110 cm³/mol. The number of aromatic nitrogens is 2. The van der Waals surface area contributed by atoms with E-state index in [1.807, 2.05) is 63.5 Å². The molecule has 0 bridgehead atoms. The number of hydrogen-bond acceptors (Lipinski definition) is 4. The number of rotatable bonds is 6. The van der Waals surface area contributed by atoms with Crippen molar-refractivity contribution >= 4 is 5.91 Å². The second kappa shape index (κ2) is 8.63. The van der Waals surface area contributed by atoms with Gasteiger partial charge in [0.25, 0.3) is 11.5 Å². The first kappa shape index (κ1) is 19.5. The van der Waals surface area contributed by atoms with Gasteiger partial charge < -0.3 is 15.2 Å². The number of nitrogens with one attached hydrogen (secondary N) is 2. The average molecular weight is 376 g/mol. The molecule has 0 radical (unpaired) electrons. The first-order valence-corrected chi connectivity index (χ1v) is 9.13. The van der Waals surface area contributed by atoms with Crippen molar-refractivity contribution < 1.29 is 4.79 Å². The van der Waals surface area contributed by atoms with Gasteiger partial charge in [-0.1, -0.05) is 54.6 Å². The molecule has 0 aliphatic rings. The van der Waals surface area contributed by atoms with E-state index >= 15 is 0 Å². The minimum atomic E-state index is -0.381. The smallest absolute Gasteiger partial charge is 0.270 e. The van der Waals surface area contributed by atoms with Crippen LogP contribution in [0, 0.1) is 0 Å². The Hall–Kier alpha value is -3.25. The maximum Gasteiger partial charge on any atom is 0.270 e. The molecule has 2 aromatic carbocycles. The molecular formula is C22H24N4O2. The van der Waals surface area contributed by atoms with Gasteiger partial charge in [0.05, 0.1) is 6.04 Å². The third-order valence-corrected chi connectivity index (χ3v) is 4.35. The molecule has 28 heavy (non-hydrogen) atoms. The van der Waals surface area contributed by atoms with Gasteiger partial charge in [-0.15, -0.1) is 0 Å². The molecule has 0 saturated carbocycles. The number of aromatic amines is 1. The van der Waals surface area contributed by atoms with Gasteiger partial charge in [-0.25, -0.2) is 4.98 Å². The largest absolute Gasteiger partial charge is 0.344 e. The highest BCUT2D eigenvalue weighted by Gasteiger charge is 2.15. The number of H-pyrrole nitrogens is 1. The Balaban J connectivity index is 1.75. The van der Waals surface area contributed by atoms with Crippen molar-refractivity contribution in [1.82, 2.24) is 20.2 Å². The Labute approximate surface area is 164 Å². The summed E-state index contributed by atoms with van der Waals surface area (Å²) in [5.41, 5.74) is 2.68. The molecule has 0 spiro atoms. The predicted octanol–water partition coefficient (Wildman–Crippen LogP) is 2.99. The highest BCUT2D eigenvalue weighted by molar-refractivity contribution is 5.92. The highest BCUT2D eigenvalue weighted by Crippen LogP contribution is 2.16. The molecule has 144 valence electrons. The minimum Gasteiger partial charge on any atom is -0.344 e. The van der Waals surface area contributed by atoms with Crippen LogP contribution in [-0.4, -0.2) is 34.9 Å². The van der Waals surface area contributed by atoms with Gasteiger partial charge in [0.15, 0.2) is 0 Å². The van der Waals surface area contributed by atoms with E-state index in [-0.39, 0.29) is 23.2 Å². The zero-order chi connectivity index (χ0) is 20.1. The molecule has 2 N–H and O–H groups in total. The Bertz CT molecular complexity index is 995. The molecule has 0 aliphatic heterocycles. The summed E-state index contributed by atoms with van der Waals surface area (Å²) in [7, 11) is 4.05. The van der Waals surface area contributed by atoms with Crippen LogP contribution >= 0.6 is 0 Å². The van der Waals surface area contributed by atoms with E-state index in [1.54, 1.807) is 0 Å². The lowest BCUT2D eigenvalue weighted by Gasteiger charge is -2.16. The summed E-state index contributed by atoms with van der Waals surface area (Å²) >= 11 is 0. The molecule has 0 aliphatic carbocycles. The van der Waals surface area contributed by atoms with Crippen molar-refractivity contribution in [3.63, 3.8) is 0 Å². The third kappa shape index (κ3) is 4.92. The van der Waals surface area contributed by atoms with E-state index < -0.39 is 0 Å². The van der Waals surface area contributed by atoms with Crippen LogP contribution in [0.4, 0.5) is 0 Å². The van der Waals surface area contributed by atoms with Gasteiger partial charge in [-0.3, -0.25) is 9.59 Å². The van der Waals surface area contributed by atoms with Crippen LogP contribution < -0.4 is 10.9 Å². The second-order valence-corrected chi connectivity index (χ2v) is 7.02. The molecule has 1 unspecified atom stereocenters. The number of carbonyl (C=O) groups excluding carboxylic acids is 1. The van der Waals surface area contributed by atoms with Gasteiger partial charge in [0.1, 0.15) is 11.5 Å². The highest BCUT2D eigenvalue weighted by atomic mass is 16.2. The molecule has 3 rings (SSSR count). The Morgan fingerprint density at radius 3 is 2.43 bits per heavy atom. The van der Waals surface area contributed by atoms with Gasteiger partial charge in [-0.2, -0.15) is 0 Å². The van der Waals surface area contributed by atoms with Crippen molar-refractivity contribution in [3.8, 4) is 11.4 Å². The lowest BCUT2D eigenvalue weighted by atomic mass is 10.1. The molecule has 3 aromatic rings. The molecule has 6 nitrogen and oxygen atoms in total. The number of amides is 1. The van der Waals surface area contributed by atoms with Crippen LogP contribution in [0.3, 0.4) is 0 Å². The van der Waals surface area contributed by atoms with Gasteiger partial charge in [0, 0.05) is 18.2 Å². The van der Waals surface area contributed by atoms with Crippen LogP contribution in [0.1, 0.15) is 34.6 Å². The summed E-state index contributed by atoms with van der Waals surface area (Å²) in [6.07, 6.45) is 0. The second-order valence-electron chi connectivity index (χ2n) is 7.02. The van der Waals surface area contributed by atoms with E-state index in [0.29, 0.717) is 5.82 Å². The first-order valence-electron chi connectivity index (χ1n) is 9.13. The van der Waals surface area contributed by atoms with Crippen LogP contribution in [0.15, 0.2) is 65.5 Å². The van der Waals surface area contributed by atoms with E-state index in [2.05, 4.69) is 32.3 Å². The Kier molecular flexibility index (Phi) is 6.01. The summed E-state index contributed by atoms with van der Waals surface area (Å²) in [5, 5.41) is 2.91. The molecule has 6 heteroatoms. The topological polar surface area (TPSA) is 78.1 Å². The monoisotopic (exact) mass is 376 g/mol. The standard InChI is InChI=1S/C22H24N4O2/c1-15(17-11-9-16(10-12-17)14-26(2)3)23-22(28)19-13-20(27)25-21(24-19)18-7-5-4-6-8-18/h4-13,15H,14H2,1-3H3,(H,23,28)(H,24,25,27). The molecular weight excluding hydrogens is 352 g/mol. The van der Waals surface area contributed by atoms with Gasteiger partial charge in [-0.05, 0) is 32.1 Å². The summed E-state index contributed by atoms with van der Waals surface area (Å²) in [5.74, 6) is -0.00732. The van der Waals surface area contributed by atoms with E-state index in [0.717, 1.165) is 17.7 Å². The normalized spacial score (nSPS) is 12.0. The lowest BCUT2D eigenvalue weighted by molar-refractivity contribution is 0.0934. The van der Waals surface area contributed by atoms with Gasteiger partial charge >= 0.3 is 0 Å². The Morgan fingerprint density at radius 1 is 1.11 bits per heavy atom.